The van der Waals surface area contributed by atoms with Crippen LogP contribution in [-0.2, 0) is 6.42 Å². The van der Waals surface area contributed by atoms with Crippen LogP contribution < -0.4 is 5.32 Å². The molecule has 3 aromatic rings. The molecular weight excluding hydrogens is 277 g/mol. The number of nitrogens with zero attached hydrogens (tertiary/aromatic N) is 2. The van der Waals surface area contributed by atoms with Crippen LogP contribution in [0.4, 0.5) is 10.1 Å². The standard InChI is InChI=1S/C18H18FN3/c1-12-3-4-14(11-21-12)7-8-20-18-9-13(2)22-17-6-5-15(19)10-16(17)18/h3-6,9-11H,7-8H2,1-2H3,(H,20,22). The molecule has 3 rings (SSSR count). The molecule has 112 valence electrons. The third kappa shape index (κ3) is 3.22. The van der Waals surface area contributed by atoms with Crippen LogP contribution in [0, 0.1) is 19.7 Å². The minimum atomic E-state index is -0.246. The van der Waals surface area contributed by atoms with Gasteiger partial charge in [-0.1, -0.05) is 6.07 Å². The quantitative estimate of drug-likeness (QED) is 0.789. The molecular formula is C18H18FN3. The zero-order valence-corrected chi connectivity index (χ0v) is 12.7. The molecule has 0 radical (unpaired) electrons. The van der Waals surface area contributed by atoms with Crippen molar-refractivity contribution in [3.8, 4) is 0 Å². The molecule has 1 N–H and O–H groups in total. The van der Waals surface area contributed by atoms with E-state index in [0.717, 1.165) is 40.9 Å². The van der Waals surface area contributed by atoms with Crippen LogP contribution in [0.3, 0.4) is 0 Å². The lowest BCUT2D eigenvalue weighted by atomic mass is 10.1. The first-order valence-corrected chi connectivity index (χ1v) is 7.34. The van der Waals surface area contributed by atoms with Crippen LogP contribution in [0.2, 0.25) is 0 Å². The van der Waals surface area contributed by atoms with Gasteiger partial charge in [-0.25, -0.2) is 4.39 Å². The van der Waals surface area contributed by atoms with Gasteiger partial charge in [0.1, 0.15) is 5.82 Å². The van der Waals surface area contributed by atoms with Gasteiger partial charge in [-0.15, -0.1) is 0 Å². The number of pyridine rings is 2. The van der Waals surface area contributed by atoms with E-state index >= 15 is 0 Å². The van der Waals surface area contributed by atoms with Crippen LogP contribution in [0.25, 0.3) is 10.9 Å². The molecule has 0 saturated carbocycles. The monoisotopic (exact) mass is 295 g/mol. The van der Waals surface area contributed by atoms with E-state index in [1.165, 1.54) is 17.7 Å². The van der Waals surface area contributed by atoms with Crippen LogP contribution in [0.5, 0.6) is 0 Å². The largest absolute Gasteiger partial charge is 0.384 e. The Bertz CT molecular complexity index is 797. The Hall–Kier alpha value is -2.49. The molecule has 0 aliphatic heterocycles. The highest BCUT2D eigenvalue weighted by Gasteiger charge is 2.05. The Morgan fingerprint density at radius 2 is 1.91 bits per heavy atom. The summed E-state index contributed by atoms with van der Waals surface area (Å²) in [5, 5.41) is 4.20. The first-order valence-electron chi connectivity index (χ1n) is 7.34. The summed E-state index contributed by atoms with van der Waals surface area (Å²) >= 11 is 0. The van der Waals surface area contributed by atoms with E-state index in [9.17, 15) is 4.39 Å². The van der Waals surface area contributed by atoms with Crippen molar-refractivity contribution < 1.29 is 4.39 Å². The van der Waals surface area contributed by atoms with Crippen LogP contribution in [-0.4, -0.2) is 16.5 Å². The van der Waals surface area contributed by atoms with Gasteiger partial charge in [0.2, 0.25) is 0 Å². The molecule has 0 unspecified atom stereocenters. The number of nitrogens with one attached hydrogen (secondary N) is 1. The topological polar surface area (TPSA) is 37.8 Å². The molecule has 2 aromatic heterocycles. The Morgan fingerprint density at radius 3 is 2.68 bits per heavy atom. The Labute approximate surface area is 129 Å². The van der Waals surface area contributed by atoms with Crippen molar-refractivity contribution in [3.05, 3.63) is 65.4 Å². The van der Waals surface area contributed by atoms with Gasteiger partial charge in [0.25, 0.3) is 0 Å². The molecule has 0 aliphatic carbocycles. The predicted octanol–water partition coefficient (Wildman–Crippen LogP) is 4.04. The van der Waals surface area contributed by atoms with Crippen molar-refractivity contribution in [2.75, 3.05) is 11.9 Å². The molecule has 0 amide bonds. The fourth-order valence-electron chi connectivity index (χ4n) is 2.46. The third-order valence-electron chi connectivity index (χ3n) is 3.60. The molecule has 0 aliphatic rings. The summed E-state index contributed by atoms with van der Waals surface area (Å²) in [5.74, 6) is -0.246. The van der Waals surface area contributed by atoms with Crippen molar-refractivity contribution >= 4 is 16.6 Å². The number of fused-ring (bicyclic) bond motifs is 1. The van der Waals surface area contributed by atoms with E-state index in [4.69, 9.17) is 0 Å². The summed E-state index contributed by atoms with van der Waals surface area (Å²) in [4.78, 5) is 8.73. The minimum absolute atomic E-state index is 0.246. The van der Waals surface area contributed by atoms with Gasteiger partial charge >= 0.3 is 0 Å². The Morgan fingerprint density at radius 1 is 1.05 bits per heavy atom. The number of aromatic nitrogens is 2. The molecule has 22 heavy (non-hydrogen) atoms. The normalized spacial score (nSPS) is 10.9. The molecule has 1 aromatic carbocycles. The van der Waals surface area contributed by atoms with Gasteiger partial charge in [-0.3, -0.25) is 9.97 Å². The van der Waals surface area contributed by atoms with Crippen molar-refractivity contribution in [1.29, 1.82) is 0 Å². The van der Waals surface area contributed by atoms with E-state index in [0.29, 0.717) is 0 Å². The Balaban J connectivity index is 1.78. The molecule has 3 nitrogen and oxygen atoms in total. The minimum Gasteiger partial charge on any atom is -0.384 e. The SMILES string of the molecule is Cc1ccc(CCNc2cc(C)nc3ccc(F)cc23)cn1. The van der Waals surface area contributed by atoms with Crippen molar-refractivity contribution in [3.63, 3.8) is 0 Å². The number of hydrogen-bond donors (Lipinski definition) is 1. The van der Waals surface area contributed by atoms with Gasteiger partial charge < -0.3 is 5.32 Å². The molecule has 0 fully saturated rings. The van der Waals surface area contributed by atoms with Gasteiger partial charge in [-0.05, 0) is 56.2 Å². The average Bonchev–Trinajstić information content (AvgIpc) is 2.50. The molecule has 0 atom stereocenters. The molecule has 4 heteroatoms. The summed E-state index contributed by atoms with van der Waals surface area (Å²) in [7, 11) is 0. The molecule has 0 bridgehead atoms. The summed E-state index contributed by atoms with van der Waals surface area (Å²) in [6.07, 6.45) is 2.76. The van der Waals surface area contributed by atoms with E-state index in [1.807, 2.05) is 32.2 Å². The van der Waals surface area contributed by atoms with Gasteiger partial charge in [0, 0.05) is 35.2 Å². The zero-order valence-electron chi connectivity index (χ0n) is 12.7. The number of benzene rings is 1. The summed E-state index contributed by atoms with van der Waals surface area (Å²) < 4.78 is 13.5. The average molecular weight is 295 g/mol. The van der Waals surface area contributed by atoms with Crippen molar-refractivity contribution in [2.45, 2.75) is 20.3 Å². The summed E-state index contributed by atoms with van der Waals surface area (Å²) in [5.41, 5.74) is 4.84. The summed E-state index contributed by atoms with van der Waals surface area (Å²) in [6.45, 7) is 4.68. The number of halogens is 1. The van der Waals surface area contributed by atoms with Gasteiger partial charge in [0.05, 0.1) is 5.52 Å². The Kier molecular flexibility index (Phi) is 4.00. The first-order chi connectivity index (χ1) is 10.6. The predicted molar refractivity (Wildman–Crippen MR) is 87.6 cm³/mol. The van der Waals surface area contributed by atoms with Crippen molar-refractivity contribution in [2.24, 2.45) is 0 Å². The maximum absolute atomic E-state index is 13.5. The van der Waals surface area contributed by atoms with Gasteiger partial charge in [-0.2, -0.15) is 0 Å². The first kappa shape index (κ1) is 14.4. The fraction of sp³-hybridized carbons (Fsp3) is 0.222. The second kappa shape index (κ2) is 6.10. The van der Waals surface area contributed by atoms with E-state index in [1.54, 1.807) is 6.07 Å². The number of rotatable bonds is 4. The fourth-order valence-corrected chi connectivity index (χ4v) is 2.46. The molecule has 2 heterocycles. The maximum Gasteiger partial charge on any atom is 0.124 e. The van der Waals surface area contributed by atoms with Crippen molar-refractivity contribution in [1.82, 2.24) is 9.97 Å². The highest BCUT2D eigenvalue weighted by molar-refractivity contribution is 5.91. The molecule has 0 saturated heterocycles. The van der Waals surface area contributed by atoms with E-state index in [-0.39, 0.29) is 5.82 Å². The van der Waals surface area contributed by atoms with E-state index in [2.05, 4.69) is 21.4 Å². The van der Waals surface area contributed by atoms with E-state index < -0.39 is 0 Å². The van der Waals surface area contributed by atoms with Gasteiger partial charge in [0.15, 0.2) is 0 Å². The lowest BCUT2D eigenvalue weighted by Crippen LogP contribution is -2.06. The number of aryl methyl sites for hydroxylation is 2. The molecule has 0 spiro atoms. The van der Waals surface area contributed by atoms with Crippen LogP contribution in [0.15, 0.2) is 42.6 Å². The third-order valence-corrected chi connectivity index (χ3v) is 3.60. The van der Waals surface area contributed by atoms with Crippen LogP contribution >= 0.6 is 0 Å². The van der Waals surface area contributed by atoms with Crippen LogP contribution in [0.1, 0.15) is 17.0 Å². The highest BCUT2D eigenvalue weighted by atomic mass is 19.1. The zero-order chi connectivity index (χ0) is 15.5. The maximum atomic E-state index is 13.5. The lowest BCUT2D eigenvalue weighted by Gasteiger charge is -2.11. The number of anilines is 1. The second-order valence-corrected chi connectivity index (χ2v) is 5.46. The summed E-state index contributed by atoms with van der Waals surface area (Å²) in [6, 6.07) is 10.7. The highest BCUT2D eigenvalue weighted by Crippen LogP contribution is 2.24. The lowest BCUT2D eigenvalue weighted by molar-refractivity contribution is 0.629. The second-order valence-electron chi connectivity index (χ2n) is 5.46. The smallest absolute Gasteiger partial charge is 0.124 e. The number of hydrogen-bond acceptors (Lipinski definition) is 3.